The quantitative estimate of drug-likeness (QED) is 0.279. The Kier molecular flexibility index (Phi) is 5.96. The number of carbonyl (C=O) groups excluding carboxylic acids is 1. The van der Waals surface area contributed by atoms with Gasteiger partial charge in [0.2, 0.25) is 0 Å². The average Bonchev–Trinajstić information content (AvgIpc) is 2.99. The van der Waals surface area contributed by atoms with Crippen LogP contribution in [0.4, 0.5) is 0 Å². The number of fused-ring (bicyclic) bond motifs is 1. The second kappa shape index (κ2) is 7.88. The lowest BCUT2D eigenvalue weighted by Gasteiger charge is -2.07. The summed E-state index contributed by atoms with van der Waals surface area (Å²) >= 11 is 4.11. The predicted octanol–water partition coefficient (Wildman–Crippen LogP) is 6.54. The molecule has 0 aliphatic heterocycles. The van der Waals surface area contributed by atoms with E-state index in [4.69, 9.17) is 4.42 Å². The maximum atomic E-state index is 13.4. The van der Waals surface area contributed by atoms with Crippen molar-refractivity contribution in [3.63, 3.8) is 0 Å². The number of aryl methyl sites for hydroxylation is 3. The van der Waals surface area contributed by atoms with Crippen LogP contribution in [0.25, 0.3) is 11.0 Å². The topological polar surface area (TPSA) is 50.4 Å². The Labute approximate surface area is 180 Å². The number of phenols is 1. The van der Waals surface area contributed by atoms with Crippen LogP contribution in [0.3, 0.4) is 0 Å². The molecule has 0 radical (unpaired) electrons. The molecule has 3 aromatic rings. The van der Waals surface area contributed by atoms with Gasteiger partial charge in [0.25, 0.3) is 0 Å². The van der Waals surface area contributed by atoms with Gasteiger partial charge >= 0.3 is 0 Å². The first-order valence-electron chi connectivity index (χ1n) is 8.59. The number of phenolic OH excluding ortho intramolecular Hbond substituents is 1. The van der Waals surface area contributed by atoms with E-state index in [1.165, 1.54) is 0 Å². The number of hydrogen-bond acceptors (Lipinski definition) is 3. The third-order valence-corrected chi connectivity index (χ3v) is 6.36. The third-order valence-electron chi connectivity index (χ3n) is 4.71. The van der Waals surface area contributed by atoms with Gasteiger partial charge < -0.3 is 9.52 Å². The van der Waals surface area contributed by atoms with Crippen molar-refractivity contribution in [3.8, 4) is 5.75 Å². The lowest BCUT2D eigenvalue weighted by Crippen LogP contribution is -2.05. The van der Waals surface area contributed by atoms with Gasteiger partial charge in [-0.25, -0.2) is 0 Å². The molecule has 1 heterocycles. The van der Waals surface area contributed by atoms with Gasteiger partial charge in [-0.15, -0.1) is 0 Å². The van der Waals surface area contributed by atoms with Gasteiger partial charge in [-0.1, -0.05) is 25.5 Å². The summed E-state index contributed by atoms with van der Waals surface area (Å²) in [5.41, 5.74) is 4.28. The second-order valence-electron chi connectivity index (χ2n) is 6.51. The van der Waals surface area contributed by atoms with E-state index in [9.17, 15) is 9.90 Å². The largest absolute Gasteiger partial charge is 0.506 e. The number of ketones is 1. The molecule has 3 nitrogen and oxygen atoms in total. The fourth-order valence-electron chi connectivity index (χ4n) is 3.05. The number of halogens is 2. The summed E-state index contributed by atoms with van der Waals surface area (Å²) in [6, 6.07) is 7.51. The van der Waals surface area contributed by atoms with Crippen molar-refractivity contribution in [1.82, 2.24) is 0 Å². The Balaban J connectivity index is 2.22. The highest BCUT2D eigenvalue weighted by atomic mass is 127. The summed E-state index contributed by atoms with van der Waals surface area (Å²) < 4.78 is 7.51. The number of rotatable bonds is 5. The Hall–Kier alpha value is -1.09. The van der Waals surface area contributed by atoms with Gasteiger partial charge in [-0.2, -0.15) is 0 Å². The molecule has 0 aliphatic carbocycles. The molecule has 0 amide bonds. The summed E-state index contributed by atoms with van der Waals surface area (Å²) in [5.74, 6) is 0.935. The van der Waals surface area contributed by atoms with Crippen LogP contribution < -0.4 is 0 Å². The molecule has 0 saturated heterocycles. The van der Waals surface area contributed by atoms with Crippen molar-refractivity contribution in [2.75, 3.05) is 0 Å². The molecule has 0 unspecified atom stereocenters. The summed E-state index contributed by atoms with van der Waals surface area (Å²) in [4.78, 5) is 13.4. The minimum Gasteiger partial charge on any atom is -0.506 e. The summed E-state index contributed by atoms with van der Waals surface area (Å²) in [7, 11) is 0. The zero-order valence-electron chi connectivity index (χ0n) is 15.0. The molecule has 0 aliphatic rings. The molecule has 136 valence electrons. The van der Waals surface area contributed by atoms with Crippen molar-refractivity contribution in [1.29, 1.82) is 0 Å². The molecule has 1 N–H and O–H groups in total. The standard InChI is InChI=1S/C21H20I2O3/c1-4-5-6-17-18(14-8-7-11(2)12(3)21(14)26-17)19(24)13-9-15(22)20(25)16(23)10-13/h7-10,25H,4-6H2,1-3H3. The van der Waals surface area contributed by atoms with Gasteiger partial charge in [0, 0.05) is 17.4 Å². The van der Waals surface area contributed by atoms with Crippen LogP contribution in [0, 0.1) is 21.0 Å². The Morgan fingerprint density at radius 1 is 1.15 bits per heavy atom. The molecular formula is C21H20I2O3. The molecule has 0 spiro atoms. The molecule has 26 heavy (non-hydrogen) atoms. The van der Waals surface area contributed by atoms with Crippen molar-refractivity contribution in [2.45, 2.75) is 40.0 Å². The first kappa shape index (κ1) is 19.7. The number of hydrogen-bond donors (Lipinski definition) is 1. The molecule has 5 heteroatoms. The van der Waals surface area contributed by atoms with Crippen LogP contribution in [-0.4, -0.2) is 10.9 Å². The van der Waals surface area contributed by atoms with E-state index in [1.807, 2.05) is 19.1 Å². The Bertz CT molecular complexity index is 979. The predicted molar refractivity (Wildman–Crippen MR) is 121 cm³/mol. The van der Waals surface area contributed by atoms with E-state index >= 15 is 0 Å². The minimum atomic E-state index is -0.0473. The van der Waals surface area contributed by atoms with Gasteiger partial charge in [-0.05, 0) is 88.7 Å². The third kappa shape index (κ3) is 3.52. The fourth-order valence-corrected chi connectivity index (χ4v) is 4.81. The van der Waals surface area contributed by atoms with Crippen LogP contribution in [-0.2, 0) is 6.42 Å². The molecule has 0 fully saturated rings. The van der Waals surface area contributed by atoms with E-state index in [1.54, 1.807) is 12.1 Å². The normalized spacial score (nSPS) is 11.3. The number of unbranched alkanes of at least 4 members (excludes halogenated alkanes) is 1. The Morgan fingerprint density at radius 3 is 2.42 bits per heavy atom. The Morgan fingerprint density at radius 2 is 1.81 bits per heavy atom. The fraction of sp³-hybridized carbons (Fsp3) is 0.286. The SMILES string of the molecule is CCCCc1oc2c(C)c(C)ccc2c1C(=O)c1cc(I)c(O)c(I)c1. The number of carbonyl (C=O) groups is 1. The minimum absolute atomic E-state index is 0.0473. The van der Waals surface area contributed by atoms with E-state index in [-0.39, 0.29) is 11.5 Å². The lowest BCUT2D eigenvalue weighted by molar-refractivity contribution is 0.103. The highest BCUT2D eigenvalue weighted by molar-refractivity contribution is 14.1. The van der Waals surface area contributed by atoms with E-state index in [0.717, 1.165) is 47.1 Å². The van der Waals surface area contributed by atoms with Crippen molar-refractivity contribution < 1.29 is 14.3 Å². The average molecular weight is 574 g/mol. The summed E-state index contributed by atoms with van der Waals surface area (Å²) in [6.07, 6.45) is 2.76. The van der Waals surface area contributed by atoms with Crippen molar-refractivity contribution in [3.05, 3.63) is 59.4 Å². The van der Waals surface area contributed by atoms with Gasteiger partial charge in [-0.3, -0.25) is 4.79 Å². The smallest absolute Gasteiger partial charge is 0.197 e. The highest BCUT2D eigenvalue weighted by Crippen LogP contribution is 2.34. The van der Waals surface area contributed by atoms with E-state index < -0.39 is 0 Å². The monoisotopic (exact) mass is 574 g/mol. The second-order valence-corrected chi connectivity index (χ2v) is 8.83. The maximum Gasteiger partial charge on any atom is 0.197 e. The molecule has 0 saturated carbocycles. The number of furan rings is 1. The molecular weight excluding hydrogens is 554 g/mol. The molecule has 3 rings (SSSR count). The lowest BCUT2D eigenvalue weighted by atomic mass is 9.96. The maximum absolute atomic E-state index is 13.4. The molecule has 0 bridgehead atoms. The van der Waals surface area contributed by atoms with E-state index in [0.29, 0.717) is 18.3 Å². The van der Waals surface area contributed by atoms with Crippen LogP contribution >= 0.6 is 45.2 Å². The first-order chi connectivity index (χ1) is 12.3. The number of benzene rings is 2. The number of aromatic hydroxyl groups is 1. The van der Waals surface area contributed by atoms with Crippen molar-refractivity contribution >= 4 is 61.9 Å². The van der Waals surface area contributed by atoms with Gasteiger partial charge in [0.05, 0.1) is 12.7 Å². The van der Waals surface area contributed by atoms with E-state index in [2.05, 4.69) is 59.0 Å². The van der Waals surface area contributed by atoms with Crippen LogP contribution in [0.1, 0.15) is 52.6 Å². The van der Waals surface area contributed by atoms with Gasteiger partial charge in [0.15, 0.2) is 5.78 Å². The summed E-state index contributed by atoms with van der Waals surface area (Å²) in [6.45, 7) is 6.21. The first-order valence-corrected chi connectivity index (χ1v) is 10.7. The molecule has 0 atom stereocenters. The van der Waals surface area contributed by atoms with Crippen LogP contribution in [0.5, 0.6) is 5.75 Å². The van der Waals surface area contributed by atoms with Crippen molar-refractivity contribution in [2.24, 2.45) is 0 Å². The van der Waals surface area contributed by atoms with Crippen LogP contribution in [0.2, 0.25) is 0 Å². The summed E-state index contributed by atoms with van der Waals surface area (Å²) in [5, 5.41) is 10.9. The van der Waals surface area contributed by atoms with Crippen LogP contribution in [0.15, 0.2) is 28.7 Å². The molecule has 2 aromatic carbocycles. The van der Waals surface area contributed by atoms with Gasteiger partial charge in [0.1, 0.15) is 17.1 Å². The molecule has 1 aromatic heterocycles. The zero-order valence-corrected chi connectivity index (χ0v) is 19.3. The highest BCUT2D eigenvalue weighted by Gasteiger charge is 2.24. The zero-order chi connectivity index (χ0) is 19.0.